The number of benzene rings is 3. The average molecular weight is 349 g/mol. The number of hydrogen-bond donors (Lipinski definition) is 1. The lowest BCUT2D eigenvalue weighted by atomic mass is 9.89. The lowest BCUT2D eigenvalue weighted by Crippen LogP contribution is -2.34. The zero-order chi connectivity index (χ0) is 17.5. The van der Waals surface area contributed by atoms with Crippen molar-refractivity contribution >= 4 is 11.8 Å². The quantitative estimate of drug-likeness (QED) is 0.554. The molecule has 0 aromatic heterocycles. The highest BCUT2D eigenvalue weighted by Gasteiger charge is 2.34. The van der Waals surface area contributed by atoms with Gasteiger partial charge in [0.05, 0.1) is 5.60 Å². The van der Waals surface area contributed by atoms with Gasteiger partial charge in [0.1, 0.15) is 0 Å². The van der Waals surface area contributed by atoms with E-state index in [0.717, 1.165) is 18.4 Å². The van der Waals surface area contributed by atoms with Crippen LogP contribution in [-0.2, 0) is 12.0 Å². The van der Waals surface area contributed by atoms with Crippen molar-refractivity contribution in [2.45, 2.75) is 35.5 Å². The predicted octanol–water partition coefficient (Wildman–Crippen LogP) is 5.69. The molecule has 128 valence electrons. The monoisotopic (exact) mass is 348 g/mol. The molecular formula is C23H24OS. The number of hydrogen-bond acceptors (Lipinski definition) is 2. The minimum absolute atomic E-state index is 0.0671. The van der Waals surface area contributed by atoms with Gasteiger partial charge in [-0.05, 0) is 43.0 Å². The summed E-state index contributed by atoms with van der Waals surface area (Å²) in [6, 6.07) is 30.8. The van der Waals surface area contributed by atoms with E-state index < -0.39 is 5.60 Å². The summed E-state index contributed by atoms with van der Waals surface area (Å²) in [6.45, 7) is 1.94. The molecule has 0 aliphatic carbocycles. The summed E-state index contributed by atoms with van der Waals surface area (Å²) in [4.78, 5) is 1.19. The lowest BCUT2D eigenvalue weighted by Gasteiger charge is -2.33. The third-order valence-electron chi connectivity index (χ3n) is 4.54. The Morgan fingerprint density at radius 1 is 0.800 bits per heavy atom. The van der Waals surface area contributed by atoms with E-state index in [1.807, 2.05) is 61.5 Å². The molecule has 0 aliphatic rings. The van der Waals surface area contributed by atoms with Gasteiger partial charge in [-0.25, -0.2) is 0 Å². The van der Waals surface area contributed by atoms with Crippen LogP contribution in [0.15, 0.2) is 95.9 Å². The molecule has 0 unspecified atom stereocenters. The molecule has 0 radical (unpaired) electrons. The molecule has 1 nitrogen and oxygen atoms in total. The summed E-state index contributed by atoms with van der Waals surface area (Å²) in [7, 11) is 0. The number of aliphatic hydroxyl groups is 1. The van der Waals surface area contributed by atoms with Crippen LogP contribution >= 0.6 is 11.8 Å². The fraction of sp³-hybridized carbons (Fsp3) is 0.217. The highest BCUT2D eigenvalue weighted by molar-refractivity contribution is 8.00. The first kappa shape index (κ1) is 17.8. The minimum atomic E-state index is -0.892. The summed E-state index contributed by atoms with van der Waals surface area (Å²) in [5.41, 5.74) is 1.39. The SMILES string of the molecule is C[C@](O)(c1ccccc1)[C@H](CCc1ccccc1)Sc1ccccc1. The van der Waals surface area contributed by atoms with Gasteiger partial charge in [0.15, 0.2) is 0 Å². The van der Waals surface area contributed by atoms with Crippen LogP contribution in [0.25, 0.3) is 0 Å². The van der Waals surface area contributed by atoms with Crippen LogP contribution in [0.5, 0.6) is 0 Å². The third kappa shape index (κ3) is 4.75. The van der Waals surface area contributed by atoms with E-state index in [9.17, 15) is 5.11 Å². The van der Waals surface area contributed by atoms with Crippen LogP contribution in [0.4, 0.5) is 0 Å². The van der Waals surface area contributed by atoms with Gasteiger partial charge in [0.2, 0.25) is 0 Å². The van der Waals surface area contributed by atoms with Crippen LogP contribution in [-0.4, -0.2) is 10.4 Å². The van der Waals surface area contributed by atoms with Crippen molar-refractivity contribution < 1.29 is 5.11 Å². The second kappa shape index (κ2) is 8.37. The average Bonchev–Trinajstić information content (AvgIpc) is 2.67. The molecule has 0 bridgehead atoms. The van der Waals surface area contributed by atoms with Gasteiger partial charge in [-0.3, -0.25) is 0 Å². The van der Waals surface area contributed by atoms with Crippen LogP contribution in [0.3, 0.4) is 0 Å². The highest BCUT2D eigenvalue weighted by Crippen LogP contribution is 2.39. The van der Waals surface area contributed by atoms with Gasteiger partial charge in [0, 0.05) is 10.1 Å². The number of thioether (sulfide) groups is 1. The van der Waals surface area contributed by atoms with Crippen molar-refractivity contribution in [1.82, 2.24) is 0 Å². The summed E-state index contributed by atoms with van der Waals surface area (Å²) in [6.07, 6.45) is 1.86. The zero-order valence-corrected chi connectivity index (χ0v) is 15.3. The predicted molar refractivity (Wildman–Crippen MR) is 107 cm³/mol. The maximum Gasteiger partial charge on any atom is 0.0990 e. The molecule has 0 heterocycles. The fourth-order valence-electron chi connectivity index (χ4n) is 3.02. The molecule has 2 heteroatoms. The van der Waals surface area contributed by atoms with E-state index in [4.69, 9.17) is 0 Å². The molecule has 3 aromatic carbocycles. The lowest BCUT2D eigenvalue weighted by molar-refractivity contribution is 0.0523. The molecule has 25 heavy (non-hydrogen) atoms. The Morgan fingerprint density at radius 2 is 1.32 bits per heavy atom. The second-order valence-electron chi connectivity index (χ2n) is 6.46. The standard InChI is InChI=1S/C23H24OS/c1-23(24,20-13-7-3-8-14-20)22(25-21-15-9-4-10-16-21)18-17-19-11-5-2-6-12-19/h2-16,22,24H,17-18H2,1H3/t22-,23-/m0/s1. The van der Waals surface area contributed by atoms with E-state index in [-0.39, 0.29) is 5.25 Å². The van der Waals surface area contributed by atoms with Crippen molar-refractivity contribution in [1.29, 1.82) is 0 Å². The molecule has 3 rings (SSSR count). The third-order valence-corrected chi connectivity index (χ3v) is 6.07. The van der Waals surface area contributed by atoms with Gasteiger partial charge in [-0.2, -0.15) is 0 Å². The second-order valence-corrected chi connectivity index (χ2v) is 7.73. The Balaban J connectivity index is 1.83. The Morgan fingerprint density at radius 3 is 1.92 bits per heavy atom. The van der Waals surface area contributed by atoms with Gasteiger partial charge in [-0.1, -0.05) is 78.9 Å². The van der Waals surface area contributed by atoms with Crippen LogP contribution in [0.2, 0.25) is 0 Å². The van der Waals surface area contributed by atoms with Crippen molar-refractivity contribution in [3.63, 3.8) is 0 Å². The first-order chi connectivity index (χ1) is 12.2. The zero-order valence-electron chi connectivity index (χ0n) is 14.5. The molecule has 0 fully saturated rings. The molecule has 3 aromatic rings. The van der Waals surface area contributed by atoms with Crippen LogP contribution in [0, 0.1) is 0 Å². The Kier molecular flexibility index (Phi) is 5.95. The minimum Gasteiger partial charge on any atom is -0.384 e. The van der Waals surface area contributed by atoms with Crippen molar-refractivity contribution in [3.8, 4) is 0 Å². The molecule has 0 spiro atoms. The number of aryl methyl sites for hydroxylation is 1. The maximum atomic E-state index is 11.4. The van der Waals surface area contributed by atoms with Gasteiger partial charge in [-0.15, -0.1) is 11.8 Å². The molecule has 0 aliphatic heterocycles. The molecular weight excluding hydrogens is 324 g/mol. The first-order valence-corrected chi connectivity index (χ1v) is 9.58. The first-order valence-electron chi connectivity index (χ1n) is 8.70. The maximum absolute atomic E-state index is 11.4. The molecule has 1 N–H and O–H groups in total. The van der Waals surface area contributed by atoms with Crippen molar-refractivity contribution in [2.75, 3.05) is 0 Å². The summed E-state index contributed by atoms with van der Waals surface area (Å²) in [5.74, 6) is 0. The number of rotatable bonds is 7. The smallest absolute Gasteiger partial charge is 0.0990 e. The van der Waals surface area contributed by atoms with E-state index in [1.54, 1.807) is 11.8 Å². The van der Waals surface area contributed by atoms with Crippen LogP contribution in [0.1, 0.15) is 24.5 Å². The van der Waals surface area contributed by atoms with Crippen molar-refractivity contribution in [3.05, 3.63) is 102 Å². The van der Waals surface area contributed by atoms with Gasteiger partial charge < -0.3 is 5.11 Å². The van der Waals surface area contributed by atoms with Crippen molar-refractivity contribution in [2.24, 2.45) is 0 Å². The van der Waals surface area contributed by atoms with Gasteiger partial charge >= 0.3 is 0 Å². The summed E-state index contributed by atoms with van der Waals surface area (Å²) >= 11 is 1.76. The van der Waals surface area contributed by atoms with Gasteiger partial charge in [0.25, 0.3) is 0 Å². The van der Waals surface area contributed by atoms with E-state index >= 15 is 0 Å². The van der Waals surface area contributed by atoms with E-state index in [2.05, 4.69) is 36.4 Å². The Hall–Kier alpha value is -2.03. The molecule has 2 atom stereocenters. The Bertz CT molecular complexity index is 754. The fourth-order valence-corrected chi connectivity index (χ4v) is 4.27. The normalized spacial score (nSPS) is 14.6. The van der Waals surface area contributed by atoms with E-state index in [0.29, 0.717) is 0 Å². The largest absolute Gasteiger partial charge is 0.384 e. The molecule has 0 saturated carbocycles. The van der Waals surface area contributed by atoms with Crippen LogP contribution < -0.4 is 0 Å². The highest BCUT2D eigenvalue weighted by atomic mass is 32.2. The van der Waals surface area contributed by atoms with E-state index in [1.165, 1.54) is 10.5 Å². The summed E-state index contributed by atoms with van der Waals surface area (Å²) < 4.78 is 0. The molecule has 0 amide bonds. The summed E-state index contributed by atoms with van der Waals surface area (Å²) in [5, 5.41) is 11.4. The Labute approximate surface area is 154 Å². The topological polar surface area (TPSA) is 20.2 Å². The molecule has 0 saturated heterocycles.